The number of methoxy groups -OCH3 is 1. The van der Waals surface area contributed by atoms with Gasteiger partial charge in [0.15, 0.2) is 22.5 Å². The van der Waals surface area contributed by atoms with E-state index in [1.54, 1.807) is 6.07 Å². The maximum Gasteiger partial charge on any atom is 0.191 e. The van der Waals surface area contributed by atoms with Crippen molar-refractivity contribution in [3.8, 4) is 5.75 Å². The van der Waals surface area contributed by atoms with E-state index in [1.807, 2.05) is 11.6 Å². The van der Waals surface area contributed by atoms with Crippen molar-refractivity contribution in [3.63, 3.8) is 0 Å². The summed E-state index contributed by atoms with van der Waals surface area (Å²) in [6, 6.07) is 4.23. The maximum absolute atomic E-state index is 13.6. The molecule has 0 atom stereocenters. The fourth-order valence-corrected chi connectivity index (χ4v) is 3.01. The zero-order valence-corrected chi connectivity index (χ0v) is 13.2. The third-order valence-electron chi connectivity index (χ3n) is 3.62. The molecule has 1 aromatic heterocycles. The molecule has 0 unspecified atom stereocenters. The summed E-state index contributed by atoms with van der Waals surface area (Å²) < 4.78 is 20.4. The number of ether oxygens (including phenoxy) is 1. The minimum atomic E-state index is -0.534. The zero-order valence-electron chi connectivity index (χ0n) is 12.4. The van der Waals surface area contributed by atoms with Crippen LogP contribution in [0.2, 0.25) is 0 Å². The highest BCUT2D eigenvalue weighted by atomic mass is 32.2. The number of carbonyl (C=O) groups excluding carboxylic acids is 1. The molecule has 0 bridgehead atoms. The fraction of sp³-hybridized carbons (Fsp3) is 0.400. The highest BCUT2D eigenvalue weighted by molar-refractivity contribution is 7.99. The SMILES string of the molecule is COc1ccc(C(=O)CSc2nnc(C3CC3)n2C)cc1F. The number of hydrogen-bond donors (Lipinski definition) is 0. The lowest BCUT2D eigenvalue weighted by Gasteiger charge is -2.05. The first kappa shape index (κ1) is 15.0. The largest absolute Gasteiger partial charge is 0.494 e. The quantitative estimate of drug-likeness (QED) is 0.605. The molecule has 1 saturated carbocycles. The van der Waals surface area contributed by atoms with Crippen LogP contribution in [-0.4, -0.2) is 33.4 Å². The van der Waals surface area contributed by atoms with E-state index in [-0.39, 0.29) is 17.3 Å². The Morgan fingerprint density at radius 1 is 1.45 bits per heavy atom. The van der Waals surface area contributed by atoms with Gasteiger partial charge in [0.1, 0.15) is 5.82 Å². The van der Waals surface area contributed by atoms with Gasteiger partial charge in [0, 0.05) is 18.5 Å². The van der Waals surface area contributed by atoms with Crippen LogP contribution in [0.4, 0.5) is 4.39 Å². The molecule has 0 aliphatic heterocycles. The van der Waals surface area contributed by atoms with Crippen molar-refractivity contribution < 1.29 is 13.9 Å². The summed E-state index contributed by atoms with van der Waals surface area (Å²) in [5.74, 6) is 1.13. The number of aromatic nitrogens is 3. The van der Waals surface area contributed by atoms with Gasteiger partial charge in [-0.15, -0.1) is 10.2 Å². The number of thioether (sulfide) groups is 1. The predicted molar refractivity (Wildman–Crippen MR) is 81.0 cm³/mol. The van der Waals surface area contributed by atoms with E-state index in [1.165, 1.54) is 31.0 Å². The van der Waals surface area contributed by atoms with Crippen molar-refractivity contribution in [1.29, 1.82) is 0 Å². The summed E-state index contributed by atoms with van der Waals surface area (Å²) in [5.41, 5.74) is 0.329. The van der Waals surface area contributed by atoms with Gasteiger partial charge in [-0.3, -0.25) is 4.79 Å². The molecule has 1 aromatic carbocycles. The molecule has 116 valence electrons. The highest BCUT2D eigenvalue weighted by Crippen LogP contribution is 2.39. The number of benzene rings is 1. The van der Waals surface area contributed by atoms with E-state index < -0.39 is 5.82 Å². The molecule has 1 heterocycles. The second-order valence-corrected chi connectivity index (χ2v) is 6.18. The lowest BCUT2D eigenvalue weighted by Crippen LogP contribution is -2.05. The second-order valence-electron chi connectivity index (χ2n) is 5.24. The standard InChI is InChI=1S/C15H16FN3O2S/c1-19-14(9-3-4-9)17-18-15(19)22-8-12(20)10-5-6-13(21-2)11(16)7-10/h5-7,9H,3-4,8H2,1-2H3. The number of nitrogens with zero attached hydrogens (tertiary/aromatic N) is 3. The Bertz CT molecular complexity index is 713. The van der Waals surface area contributed by atoms with Crippen molar-refractivity contribution in [3.05, 3.63) is 35.4 Å². The van der Waals surface area contributed by atoms with Crippen LogP contribution < -0.4 is 4.74 Å². The molecule has 0 radical (unpaired) electrons. The van der Waals surface area contributed by atoms with E-state index in [0.29, 0.717) is 16.6 Å². The summed E-state index contributed by atoms with van der Waals surface area (Å²) in [7, 11) is 3.30. The van der Waals surface area contributed by atoms with Gasteiger partial charge in [-0.2, -0.15) is 0 Å². The lowest BCUT2D eigenvalue weighted by molar-refractivity contribution is 0.102. The number of Topliss-reactive ketones (excluding diaryl/α,β-unsaturated/α-hetero) is 1. The van der Waals surface area contributed by atoms with Crippen molar-refractivity contribution >= 4 is 17.5 Å². The van der Waals surface area contributed by atoms with Gasteiger partial charge in [0.2, 0.25) is 0 Å². The molecule has 0 N–H and O–H groups in total. The molecule has 1 aliphatic carbocycles. The molecule has 7 heteroatoms. The van der Waals surface area contributed by atoms with Gasteiger partial charge < -0.3 is 9.30 Å². The molecule has 0 amide bonds. The summed E-state index contributed by atoms with van der Waals surface area (Å²) in [5, 5.41) is 9.00. The molecule has 0 spiro atoms. The Kier molecular flexibility index (Phi) is 4.15. The maximum atomic E-state index is 13.6. The summed E-state index contributed by atoms with van der Waals surface area (Å²) >= 11 is 1.32. The Balaban J connectivity index is 1.66. The van der Waals surface area contributed by atoms with E-state index >= 15 is 0 Å². The second kappa shape index (κ2) is 6.08. The zero-order chi connectivity index (χ0) is 15.7. The first-order chi connectivity index (χ1) is 10.6. The monoisotopic (exact) mass is 321 g/mol. The minimum absolute atomic E-state index is 0.131. The van der Waals surface area contributed by atoms with Crippen LogP contribution in [0.15, 0.2) is 23.4 Å². The predicted octanol–water partition coefficient (Wildman–Crippen LogP) is 2.82. The molecule has 1 aliphatic rings. The molecule has 1 fully saturated rings. The van der Waals surface area contributed by atoms with E-state index in [9.17, 15) is 9.18 Å². The Hall–Kier alpha value is -1.89. The van der Waals surface area contributed by atoms with Crippen molar-refractivity contribution in [2.24, 2.45) is 7.05 Å². The van der Waals surface area contributed by atoms with Gasteiger partial charge >= 0.3 is 0 Å². The van der Waals surface area contributed by atoms with Crippen LogP contribution in [-0.2, 0) is 7.05 Å². The van der Waals surface area contributed by atoms with E-state index in [4.69, 9.17) is 4.74 Å². The number of ketones is 1. The van der Waals surface area contributed by atoms with Crippen LogP contribution in [0.25, 0.3) is 0 Å². The number of carbonyl (C=O) groups is 1. The molecule has 0 saturated heterocycles. The smallest absolute Gasteiger partial charge is 0.191 e. The summed E-state index contributed by atoms with van der Waals surface area (Å²) in [6.07, 6.45) is 2.31. The van der Waals surface area contributed by atoms with Crippen LogP contribution in [0.1, 0.15) is 34.9 Å². The van der Waals surface area contributed by atoms with Crippen LogP contribution in [0, 0.1) is 5.82 Å². The third-order valence-corrected chi connectivity index (χ3v) is 4.64. The Morgan fingerprint density at radius 2 is 2.23 bits per heavy atom. The molecule has 22 heavy (non-hydrogen) atoms. The van der Waals surface area contributed by atoms with Crippen molar-refractivity contribution in [2.45, 2.75) is 23.9 Å². The Morgan fingerprint density at radius 3 is 2.86 bits per heavy atom. The summed E-state index contributed by atoms with van der Waals surface area (Å²) in [6.45, 7) is 0. The first-order valence-electron chi connectivity index (χ1n) is 6.99. The van der Waals surface area contributed by atoms with Crippen LogP contribution in [0.3, 0.4) is 0 Å². The van der Waals surface area contributed by atoms with Crippen molar-refractivity contribution in [1.82, 2.24) is 14.8 Å². The van der Waals surface area contributed by atoms with Gasteiger partial charge in [-0.25, -0.2) is 4.39 Å². The fourth-order valence-electron chi connectivity index (χ4n) is 2.20. The average molecular weight is 321 g/mol. The minimum Gasteiger partial charge on any atom is -0.494 e. The molecule has 5 nitrogen and oxygen atoms in total. The number of rotatable bonds is 6. The van der Waals surface area contributed by atoms with E-state index in [2.05, 4.69) is 10.2 Å². The van der Waals surface area contributed by atoms with Gasteiger partial charge in [0.25, 0.3) is 0 Å². The molecular weight excluding hydrogens is 305 g/mol. The topological polar surface area (TPSA) is 57.0 Å². The lowest BCUT2D eigenvalue weighted by atomic mass is 10.1. The van der Waals surface area contributed by atoms with Crippen molar-refractivity contribution in [2.75, 3.05) is 12.9 Å². The molecular formula is C15H16FN3O2S. The van der Waals surface area contributed by atoms with E-state index in [0.717, 1.165) is 18.7 Å². The average Bonchev–Trinajstić information content (AvgIpc) is 3.29. The van der Waals surface area contributed by atoms with Gasteiger partial charge in [0.05, 0.1) is 12.9 Å². The number of hydrogen-bond acceptors (Lipinski definition) is 5. The number of halogens is 1. The Labute approximate surface area is 131 Å². The molecule has 3 rings (SSSR count). The van der Waals surface area contributed by atoms with Crippen LogP contribution in [0.5, 0.6) is 5.75 Å². The summed E-state index contributed by atoms with van der Waals surface area (Å²) in [4.78, 5) is 12.1. The van der Waals surface area contributed by atoms with Crippen LogP contribution >= 0.6 is 11.8 Å². The highest BCUT2D eigenvalue weighted by Gasteiger charge is 2.29. The normalized spacial score (nSPS) is 14.1. The third kappa shape index (κ3) is 2.99. The van der Waals surface area contributed by atoms with Gasteiger partial charge in [-0.1, -0.05) is 11.8 Å². The van der Waals surface area contributed by atoms with Gasteiger partial charge in [-0.05, 0) is 31.0 Å². The molecule has 2 aromatic rings. The first-order valence-corrected chi connectivity index (χ1v) is 7.97.